The molecule has 2 nitrogen and oxygen atoms in total. The molecule has 0 aliphatic heterocycles. The molecule has 0 spiro atoms. The topological polar surface area (TPSA) is 26.3 Å². The predicted molar refractivity (Wildman–Crippen MR) is 73.3 cm³/mol. The fraction of sp³-hybridized carbons (Fsp3) is 0.938. The third kappa shape index (κ3) is 3.73. The molecule has 0 radical (unpaired) electrons. The Morgan fingerprint density at radius 1 is 1.06 bits per heavy atom. The number of carbonyl (C=O) groups is 1. The molecule has 0 saturated heterocycles. The molecule has 104 valence electrons. The first kappa shape index (κ1) is 13.9. The van der Waals surface area contributed by atoms with E-state index >= 15 is 0 Å². The Bertz CT molecular complexity index is 250. The number of rotatable bonds is 7. The Hall–Kier alpha value is -0.530. The van der Waals surface area contributed by atoms with Crippen LogP contribution in [0.1, 0.15) is 71.1 Å². The smallest absolute Gasteiger partial charge is 0.308 e. The van der Waals surface area contributed by atoms with E-state index in [4.69, 9.17) is 4.74 Å². The van der Waals surface area contributed by atoms with Crippen molar-refractivity contribution in [2.45, 2.75) is 71.1 Å². The fourth-order valence-electron chi connectivity index (χ4n) is 3.75. The first-order valence-corrected chi connectivity index (χ1v) is 7.98. The summed E-state index contributed by atoms with van der Waals surface area (Å²) in [5.41, 5.74) is 0. The molecule has 3 atom stereocenters. The number of fused-ring (bicyclic) bond motifs is 1. The van der Waals surface area contributed by atoms with Crippen molar-refractivity contribution in [3.05, 3.63) is 0 Å². The summed E-state index contributed by atoms with van der Waals surface area (Å²) in [5.74, 6) is 2.01. The first-order chi connectivity index (χ1) is 8.81. The van der Waals surface area contributed by atoms with E-state index in [9.17, 15) is 4.79 Å². The molecule has 0 amide bonds. The summed E-state index contributed by atoms with van der Waals surface area (Å²) in [6.07, 6.45) is 12.4. The summed E-state index contributed by atoms with van der Waals surface area (Å²) >= 11 is 0. The Labute approximate surface area is 111 Å². The summed E-state index contributed by atoms with van der Waals surface area (Å²) in [6, 6.07) is 0. The van der Waals surface area contributed by atoms with Crippen molar-refractivity contribution < 1.29 is 9.53 Å². The minimum Gasteiger partial charge on any atom is -0.465 e. The molecule has 2 heteroatoms. The Balaban J connectivity index is 1.55. The molecule has 2 aliphatic rings. The van der Waals surface area contributed by atoms with Crippen LogP contribution < -0.4 is 0 Å². The van der Waals surface area contributed by atoms with E-state index in [-0.39, 0.29) is 11.9 Å². The van der Waals surface area contributed by atoms with Crippen molar-refractivity contribution in [1.29, 1.82) is 0 Å². The molecular formula is C16H28O2. The van der Waals surface area contributed by atoms with Crippen LogP contribution in [-0.4, -0.2) is 12.6 Å². The van der Waals surface area contributed by atoms with E-state index in [1.54, 1.807) is 0 Å². The molecule has 0 heterocycles. The van der Waals surface area contributed by atoms with Crippen LogP contribution in [0.2, 0.25) is 0 Å². The monoisotopic (exact) mass is 252 g/mol. The zero-order valence-electron chi connectivity index (χ0n) is 11.8. The van der Waals surface area contributed by atoms with Gasteiger partial charge in [0.05, 0.1) is 12.5 Å². The van der Waals surface area contributed by atoms with Gasteiger partial charge in [0.1, 0.15) is 0 Å². The van der Waals surface area contributed by atoms with Crippen molar-refractivity contribution in [3.8, 4) is 0 Å². The standard InChI is InChI=1S/C16H28O2/c1-2-3-4-5-6-10-18-16(17)15-11-13-8-7-9-14(13)12-15/h13-15H,2-12H2,1H3/t13-,14+,15?. The largest absolute Gasteiger partial charge is 0.465 e. The third-order valence-electron chi connectivity index (χ3n) is 4.82. The molecule has 0 aromatic heterocycles. The van der Waals surface area contributed by atoms with Gasteiger partial charge in [0.2, 0.25) is 0 Å². The SMILES string of the molecule is CCCCCCCOC(=O)C1C[C@H]2CCC[C@H]2C1. The normalized spacial score (nSPS) is 30.4. The molecule has 0 bridgehead atoms. The lowest BCUT2D eigenvalue weighted by atomic mass is 10.0. The van der Waals surface area contributed by atoms with Gasteiger partial charge in [-0.15, -0.1) is 0 Å². The van der Waals surface area contributed by atoms with Gasteiger partial charge >= 0.3 is 5.97 Å². The van der Waals surface area contributed by atoms with Gasteiger partial charge in [0.15, 0.2) is 0 Å². The molecule has 1 unspecified atom stereocenters. The van der Waals surface area contributed by atoms with Gasteiger partial charge in [0.25, 0.3) is 0 Å². The zero-order valence-corrected chi connectivity index (χ0v) is 11.8. The van der Waals surface area contributed by atoms with Crippen LogP contribution in [0.25, 0.3) is 0 Å². The fourth-order valence-corrected chi connectivity index (χ4v) is 3.75. The molecular weight excluding hydrogens is 224 g/mol. The molecule has 0 N–H and O–H groups in total. The van der Waals surface area contributed by atoms with Crippen molar-refractivity contribution in [2.24, 2.45) is 17.8 Å². The second-order valence-electron chi connectivity index (χ2n) is 6.20. The molecule has 18 heavy (non-hydrogen) atoms. The minimum absolute atomic E-state index is 0.0971. The maximum absolute atomic E-state index is 11.9. The van der Waals surface area contributed by atoms with Gasteiger partial charge < -0.3 is 4.74 Å². The number of hydrogen-bond acceptors (Lipinski definition) is 2. The van der Waals surface area contributed by atoms with Crippen LogP contribution in [0.5, 0.6) is 0 Å². The molecule has 0 aromatic rings. The quantitative estimate of drug-likeness (QED) is 0.498. The third-order valence-corrected chi connectivity index (χ3v) is 4.82. The summed E-state index contributed by atoms with van der Waals surface area (Å²) in [6.45, 7) is 2.87. The second-order valence-corrected chi connectivity index (χ2v) is 6.20. The molecule has 2 aliphatic carbocycles. The van der Waals surface area contributed by atoms with Gasteiger partial charge in [-0.1, -0.05) is 51.9 Å². The van der Waals surface area contributed by atoms with E-state index in [2.05, 4.69) is 6.92 Å². The Morgan fingerprint density at radius 2 is 1.72 bits per heavy atom. The van der Waals surface area contributed by atoms with Gasteiger partial charge in [-0.05, 0) is 31.1 Å². The maximum atomic E-state index is 11.9. The number of carbonyl (C=O) groups excluding carboxylic acids is 1. The van der Waals surface area contributed by atoms with E-state index in [0.29, 0.717) is 6.61 Å². The van der Waals surface area contributed by atoms with Crippen molar-refractivity contribution in [2.75, 3.05) is 6.61 Å². The van der Waals surface area contributed by atoms with Crippen LogP contribution >= 0.6 is 0 Å². The van der Waals surface area contributed by atoms with Crippen LogP contribution in [0.4, 0.5) is 0 Å². The van der Waals surface area contributed by atoms with Gasteiger partial charge in [-0.3, -0.25) is 4.79 Å². The van der Waals surface area contributed by atoms with E-state index in [1.807, 2.05) is 0 Å². The number of hydrogen-bond donors (Lipinski definition) is 0. The number of ether oxygens (including phenoxy) is 1. The van der Waals surface area contributed by atoms with Crippen LogP contribution in [0.15, 0.2) is 0 Å². The lowest BCUT2D eigenvalue weighted by Gasteiger charge is -2.11. The molecule has 2 rings (SSSR count). The summed E-state index contributed by atoms with van der Waals surface area (Å²) in [4.78, 5) is 11.9. The van der Waals surface area contributed by atoms with Crippen LogP contribution in [0, 0.1) is 17.8 Å². The van der Waals surface area contributed by atoms with Crippen molar-refractivity contribution >= 4 is 5.97 Å². The molecule has 2 fully saturated rings. The first-order valence-electron chi connectivity index (χ1n) is 7.98. The van der Waals surface area contributed by atoms with Crippen molar-refractivity contribution in [3.63, 3.8) is 0 Å². The van der Waals surface area contributed by atoms with Crippen LogP contribution in [0.3, 0.4) is 0 Å². The lowest BCUT2D eigenvalue weighted by Crippen LogP contribution is -2.16. The average Bonchev–Trinajstić information content (AvgIpc) is 2.93. The van der Waals surface area contributed by atoms with Gasteiger partial charge in [-0.25, -0.2) is 0 Å². The second kappa shape index (κ2) is 7.16. The number of esters is 1. The van der Waals surface area contributed by atoms with E-state index in [0.717, 1.165) is 31.1 Å². The van der Waals surface area contributed by atoms with Crippen LogP contribution in [-0.2, 0) is 9.53 Å². The summed E-state index contributed by atoms with van der Waals surface area (Å²) in [7, 11) is 0. The van der Waals surface area contributed by atoms with Crippen molar-refractivity contribution in [1.82, 2.24) is 0 Å². The Morgan fingerprint density at radius 3 is 2.39 bits per heavy atom. The predicted octanol–water partition coefficient (Wildman–Crippen LogP) is 4.33. The highest BCUT2D eigenvalue weighted by molar-refractivity contribution is 5.72. The van der Waals surface area contributed by atoms with Gasteiger partial charge in [0, 0.05) is 0 Å². The maximum Gasteiger partial charge on any atom is 0.308 e. The molecule has 0 aromatic carbocycles. The summed E-state index contributed by atoms with van der Waals surface area (Å²) in [5, 5.41) is 0. The highest BCUT2D eigenvalue weighted by Crippen LogP contribution is 2.46. The lowest BCUT2D eigenvalue weighted by molar-refractivity contribution is -0.148. The summed E-state index contributed by atoms with van der Waals surface area (Å²) < 4.78 is 5.43. The van der Waals surface area contributed by atoms with E-state index in [1.165, 1.54) is 44.9 Å². The highest BCUT2D eigenvalue weighted by Gasteiger charge is 2.40. The van der Waals surface area contributed by atoms with Gasteiger partial charge in [-0.2, -0.15) is 0 Å². The van der Waals surface area contributed by atoms with E-state index < -0.39 is 0 Å². The molecule has 2 saturated carbocycles. The zero-order chi connectivity index (χ0) is 12.8. The number of unbranched alkanes of at least 4 members (excludes halogenated alkanes) is 4. The minimum atomic E-state index is 0.0971. The highest BCUT2D eigenvalue weighted by atomic mass is 16.5. The average molecular weight is 252 g/mol. The Kier molecular flexibility index (Phi) is 5.52.